The van der Waals surface area contributed by atoms with Crippen molar-refractivity contribution in [3.63, 3.8) is 0 Å². The maximum atomic E-state index is 13.9. The molecule has 3 heterocycles. The number of rotatable bonds is 3. The molecule has 1 fully saturated rings. The smallest absolute Gasteiger partial charge is 0.289 e. The van der Waals surface area contributed by atoms with Crippen LogP contribution in [-0.2, 0) is 4.79 Å². The van der Waals surface area contributed by atoms with Crippen molar-refractivity contribution < 1.29 is 18.8 Å². The Kier molecular flexibility index (Phi) is 7.16. The fraction of sp³-hybridized carbons (Fsp3) is 0.240. The van der Waals surface area contributed by atoms with Gasteiger partial charge >= 0.3 is 0 Å². The SMILES string of the molecule is CC(C(=O)N1c2ccc(Cl)cc2NC(=O)c2ccccc21)N1CCN(C(=O)c2ccco2)CC1.Cl. The van der Waals surface area contributed by atoms with Crippen LogP contribution in [0.2, 0.25) is 5.02 Å². The largest absolute Gasteiger partial charge is 0.459 e. The number of anilines is 3. The Morgan fingerprint density at radius 2 is 1.74 bits per heavy atom. The summed E-state index contributed by atoms with van der Waals surface area (Å²) in [6.07, 6.45) is 1.48. The van der Waals surface area contributed by atoms with Crippen molar-refractivity contribution in [1.82, 2.24) is 9.80 Å². The zero-order chi connectivity index (χ0) is 23.8. The van der Waals surface area contributed by atoms with Crippen LogP contribution in [0.15, 0.2) is 65.3 Å². The number of carbonyl (C=O) groups excluding carboxylic acids is 3. The third-order valence-corrected chi connectivity index (χ3v) is 6.53. The number of para-hydroxylation sites is 1. The summed E-state index contributed by atoms with van der Waals surface area (Å²) in [6.45, 7) is 3.91. The molecule has 0 bridgehead atoms. The number of halogens is 2. The van der Waals surface area contributed by atoms with Gasteiger partial charge in [0, 0.05) is 31.2 Å². The Bertz CT molecular complexity index is 1260. The number of benzene rings is 2. The Morgan fingerprint density at radius 3 is 2.46 bits per heavy atom. The molecule has 0 radical (unpaired) electrons. The average molecular weight is 515 g/mol. The van der Waals surface area contributed by atoms with Crippen LogP contribution in [0.4, 0.5) is 17.1 Å². The fourth-order valence-corrected chi connectivity index (χ4v) is 4.60. The summed E-state index contributed by atoms with van der Waals surface area (Å²) in [4.78, 5) is 44.7. The van der Waals surface area contributed by atoms with Gasteiger partial charge in [0.05, 0.1) is 34.9 Å². The molecular weight excluding hydrogens is 491 g/mol. The van der Waals surface area contributed by atoms with Gasteiger partial charge in [0.2, 0.25) is 5.91 Å². The number of piperazine rings is 1. The van der Waals surface area contributed by atoms with E-state index < -0.39 is 6.04 Å². The summed E-state index contributed by atoms with van der Waals surface area (Å²) in [5, 5.41) is 3.33. The van der Waals surface area contributed by atoms with E-state index in [9.17, 15) is 14.4 Å². The van der Waals surface area contributed by atoms with Gasteiger partial charge < -0.3 is 14.6 Å². The predicted octanol–water partition coefficient (Wildman–Crippen LogP) is 4.43. The molecule has 1 atom stereocenters. The van der Waals surface area contributed by atoms with Crippen LogP contribution in [0.5, 0.6) is 0 Å². The lowest BCUT2D eigenvalue weighted by molar-refractivity contribution is -0.123. The Morgan fingerprint density at radius 1 is 1.00 bits per heavy atom. The highest BCUT2D eigenvalue weighted by Crippen LogP contribution is 2.39. The molecule has 2 aliphatic heterocycles. The fourth-order valence-electron chi connectivity index (χ4n) is 4.43. The van der Waals surface area contributed by atoms with E-state index in [4.69, 9.17) is 16.0 Å². The minimum absolute atomic E-state index is 0. The molecule has 10 heteroatoms. The molecule has 35 heavy (non-hydrogen) atoms. The van der Waals surface area contributed by atoms with Crippen molar-refractivity contribution in [2.24, 2.45) is 0 Å². The molecule has 3 aromatic rings. The van der Waals surface area contributed by atoms with Gasteiger partial charge in [-0.05, 0) is 49.4 Å². The van der Waals surface area contributed by atoms with Gasteiger partial charge in [0.1, 0.15) is 0 Å². The van der Waals surface area contributed by atoms with Gasteiger partial charge in [0.25, 0.3) is 11.8 Å². The van der Waals surface area contributed by atoms with Crippen LogP contribution < -0.4 is 10.2 Å². The highest BCUT2D eigenvalue weighted by atomic mass is 35.5. The maximum absolute atomic E-state index is 13.9. The van der Waals surface area contributed by atoms with Crippen LogP contribution >= 0.6 is 24.0 Å². The quantitative estimate of drug-likeness (QED) is 0.558. The Labute approximate surface area is 213 Å². The normalized spacial score (nSPS) is 16.3. The molecule has 0 aliphatic carbocycles. The second kappa shape index (κ2) is 10.1. The van der Waals surface area contributed by atoms with E-state index in [1.54, 1.807) is 64.4 Å². The molecule has 5 rings (SSSR count). The zero-order valence-electron chi connectivity index (χ0n) is 18.9. The minimum atomic E-state index is -0.481. The van der Waals surface area contributed by atoms with E-state index in [2.05, 4.69) is 5.32 Å². The number of fused-ring (bicyclic) bond motifs is 2. The number of nitrogens with one attached hydrogen (secondary N) is 1. The van der Waals surface area contributed by atoms with E-state index in [0.29, 0.717) is 59.6 Å². The van der Waals surface area contributed by atoms with Gasteiger partial charge in [-0.1, -0.05) is 23.7 Å². The molecule has 2 aromatic carbocycles. The molecule has 3 amide bonds. The molecule has 0 saturated carbocycles. The van der Waals surface area contributed by atoms with E-state index in [0.717, 1.165) is 0 Å². The Hall–Kier alpha value is -3.33. The van der Waals surface area contributed by atoms with Gasteiger partial charge in [0.15, 0.2) is 5.76 Å². The zero-order valence-corrected chi connectivity index (χ0v) is 20.5. The second-order valence-electron chi connectivity index (χ2n) is 8.29. The van der Waals surface area contributed by atoms with E-state index in [-0.39, 0.29) is 30.1 Å². The van der Waals surface area contributed by atoms with Crippen molar-refractivity contribution >= 4 is 58.8 Å². The van der Waals surface area contributed by atoms with E-state index in [1.165, 1.54) is 6.26 Å². The van der Waals surface area contributed by atoms with E-state index in [1.807, 2.05) is 11.8 Å². The van der Waals surface area contributed by atoms with Crippen molar-refractivity contribution in [3.05, 3.63) is 77.2 Å². The van der Waals surface area contributed by atoms with Crippen LogP contribution in [0.3, 0.4) is 0 Å². The highest BCUT2D eigenvalue weighted by Gasteiger charge is 2.35. The summed E-state index contributed by atoms with van der Waals surface area (Å²) in [6, 6.07) is 15.0. The number of hydrogen-bond acceptors (Lipinski definition) is 5. The van der Waals surface area contributed by atoms with Gasteiger partial charge in [-0.3, -0.25) is 24.2 Å². The number of hydrogen-bond donors (Lipinski definition) is 1. The van der Waals surface area contributed by atoms with Gasteiger partial charge in [-0.15, -0.1) is 12.4 Å². The van der Waals surface area contributed by atoms with Crippen molar-refractivity contribution in [2.45, 2.75) is 13.0 Å². The molecule has 1 unspecified atom stereocenters. The second-order valence-corrected chi connectivity index (χ2v) is 8.72. The number of nitrogens with zero attached hydrogens (tertiary/aromatic N) is 3. The molecule has 1 N–H and O–H groups in total. The summed E-state index contributed by atoms with van der Waals surface area (Å²) in [5.41, 5.74) is 1.96. The molecule has 2 aliphatic rings. The van der Waals surface area contributed by atoms with Crippen LogP contribution in [-0.4, -0.2) is 59.7 Å². The van der Waals surface area contributed by atoms with Crippen molar-refractivity contribution in [1.29, 1.82) is 0 Å². The van der Waals surface area contributed by atoms with Crippen molar-refractivity contribution in [2.75, 3.05) is 36.4 Å². The average Bonchev–Trinajstić information content (AvgIpc) is 3.36. The number of amides is 3. The number of furan rings is 1. The van der Waals surface area contributed by atoms with Crippen LogP contribution in [0.25, 0.3) is 0 Å². The molecule has 1 saturated heterocycles. The third-order valence-electron chi connectivity index (χ3n) is 6.30. The first kappa shape index (κ1) is 24.8. The van der Waals surface area contributed by atoms with E-state index >= 15 is 0 Å². The predicted molar refractivity (Wildman–Crippen MR) is 136 cm³/mol. The van der Waals surface area contributed by atoms with Crippen LogP contribution in [0.1, 0.15) is 27.8 Å². The number of carbonyl (C=O) groups is 3. The third kappa shape index (κ3) is 4.65. The molecular formula is C25H24Cl2N4O4. The van der Waals surface area contributed by atoms with Crippen LogP contribution in [0, 0.1) is 0 Å². The lowest BCUT2D eigenvalue weighted by Gasteiger charge is -2.38. The molecule has 8 nitrogen and oxygen atoms in total. The van der Waals surface area contributed by atoms with Crippen molar-refractivity contribution in [3.8, 4) is 0 Å². The lowest BCUT2D eigenvalue weighted by Crippen LogP contribution is -2.55. The highest BCUT2D eigenvalue weighted by molar-refractivity contribution is 6.31. The lowest BCUT2D eigenvalue weighted by atomic mass is 10.1. The monoisotopic (exact) mass is 514 g/mol. The van der Waals surface area contributed by atoms with Gasteiger partial charge in [-0.2, -0.15) is 0 Å². The first-order chi connectivity index (χ1) is 16.4. The Balaban J connectivity index is 0.00000289. The summed E-state index contributed by atoms with van der Waals surface area (Å²) < 4.78 is 5.23. The maximum Gasteiger partial charge on any atom is 0.289 e. The summed E-state index contributed by atoms with van der Waals surface area (Å²) >= 11 is 6.17. The summed E-state index contributed by atoms with van der Waals surface area (Å²) in [7, 11) is 0. The first-order valence-electron chi connectivity index (χ1n) is 11.0. The topological polar surface area (TPSA) is 86.1 Å². The molecule has 0 spiro atoms. The molecule has 1 aromatic heterocycles. The summed E-state index contributed by atoms with van der Waals surface area (Å²) in [5.74, 6) is -0.308. The van der Waals surface area contributed by atoms with Gasteiger partial charge in [-0.25, -0.2) is 0 Å². The minimum Gasteiger partial charge on any atom is -0.459 e. The molecule has 182 valence electrons. The first-order valence-corrected chi connectivity index (χ1v) is 11.4. The standard InChI is InChI=1S/C25H23ClN4O4.ClH/c1-16(28-10-12-29(13-11-28)25(33)22-7-4-14-34-22)24(32)30-20-6-3-2-5-18(20)23(31)27-19-15-17(26)8-9-21(19)30;/h2-9,14-16H,10-13H2,1H3,(H,27,31);1H.